The molecule has 2 N–H and O–H groups in total. The summed E-state index contributed by atoms with van der Waals surface area (Å²) in [5, 5.41) is 0. The first kappa shape index (κ1) is 30.1. The fourth-order valence-corrected chi connectivity index (χ4v) is 6.03. The monoisotopic (exact) mass is 575 g/mol. The van der Waals surface area contributed by atoms with Gasteiger partial charge < -0.3 is 15.4 Å². The summed E-state index contributed by atoms with van der Waals surface area (Å²) in [7, 11) is 0. The van der Waals surface area contributed by atoms with E-state index in [0.717, 1.165) is 62.3 Å². The molecule has 0 radical (unpaired) electrons. The van der Waals surface area contributed by atoms with Gasteiger partial charge in [0.1, 0.15) is 5.75 Å². The second-order valence-electron chi connectivity index (χ2n) is 11.3. The van der Waals surface area contributed by atoms with Gasteiger partial charge in [-0.3, -0.25) is 14.5 Å². The topological polar surface area (TPSA) is 75.9 Å². The second-order valence-corrected chi connectivity index (χ2v) is 11.3. The van der Waals surface area contributed by atoms with Crippen LogP contribution in [0.4, 0.5) is 0 Å². The zero-order chi connectivity index (χ0) is 29.9. The van der Waals surface area contributed by atoms with Gasteiger partial charge in [0.05, 0.1) is 13.0 Å². The molecule has 2 amide bonds. The van der Waals surface area contributed by atoms with Crippen LogP contribution in [-0.4, -0.2) is 60.4 Å². The van der Waals surface area contributed by atoms with E-state index in [1.165, 1.54) is 11.1 Å². The number of nitrogens with zero attached hydrogens (tertiary/aromatic N) is 2. The molecule has 1 aliphatic heterocycles. The molecule has 0 saturated carbocycles. The average molecular weight is 576 g/mol. The Morgan fingerprint density at radius 2 is 1.42 bits per heavy atom. The van der Waals surface area contributed by atoms with E-state index in [4.69, 9.17) is 10.5 Å². The molecule has 1 aliphatic rings. The third kappa shape index (κ3) is 8.55. The highest BCUT2D eigenvalue weighted by atomic mass is 16.5. The Morgan fingerprint density at radius 1 is 0.814 bits per heavy atom. The van der Waals surface area contributed by atoms with E-state index in [1.807, 2.05) is 59.5 Å². The summed E-state index contributed by atoms with van der Waals surface area (Å²) in [5.74, 6) is 0.752. The van der Waals surface area contributed by atoms with Gasteiger partial charge in [0.2, 0.25) is 5.91 Å². The van der Waals surface area contributed by atoms with Gasteiger partial charge in [0.15, 0.2) is 0 Å². The minimum atomic E-state index is -0.351. The summed E-state index contributed by atoms with van der Waals surface area (Å²) in [6, 6.07) is 39.0. The van der Waals surface area contributed by atoms with Crippen molar-refractivity contribution in [3.63, 3.8) is 0 Å². The van der Waals surface area contributed by atoms with Crippen LogP contribution >= 0.6 is 0 Å². The van der Waals surface area contributed by atoms with Gasteiger partial charge in [-0.25, -0.2) is 0 Å². The predicted octanol–water partition coefficient (Wildman–Crippen LogP) is 5.92. The number of benzene rings is 4. The van der Waals surface area contributed by atoms with Crippen LogP contribution in [0.2, 0.25) is 0 Å². The Hall–Kier alpha value is -4.42. The van der Waals surface area contributed by atoms with Gasteiger partial charge in [-0.2, -0.15) is 0 Å². The van der Waals surface area contributed by atoms with Crippen molar-refractivity contribution in [1.82, 2.24) is 9.80 Å². The Balaban J connectivity index is 1.28. The number of piperidine rings is 1. The van der Waals surface area contributed by atoms with Crippen LogP contribution in [0.3, 0.4) is 0 Å². The van der Waals surface area contributed by atoms with E-state index < -0.39 is 0 Å². The van der Waals surface area contributed by atoms with Crippen LogP contribution in [0.15, 0.2) is 115 Å². The lowest BCUT2D eigenvalue weighted by atomic mass is 9.89. The van der Waals surface area contributed by atoms with Crippen molar-refractivity contribution in [2.45, 2.75) is 37.6 Å². The molecule has 43 heavy (non-hydrogen) atoms. The normalized spacial score (nSPS) is 13.8. The van der Waals surface area contributed by atoms with Crippen molar-refractivity contribution >= 4 is 11.8 Å². The van der Waals surface area contributed by atoms with Gasteiger partial charge in [-0.15, -0.1) is 0 Å². The van der Waals surface area contributed by atoms with Gasteiger partial charge in [0, 0.05) is 43.7 Å². The molecule has 1 saturated heterocycles. The van der Waals surface area contributed by atoms with Crippen LogP contribution in [0, 0.1) is 0 Å². The Morgan fingerprint density at radius 3 is 2.02 bits per heavy atom. The number of rotatable bonds is 13. The molecule has 6 heteroatoms. The lowest BCUT2D eigenvalue weighted by molar-refractivity contribution is -0.117. The maximum atomic E-state index is 13.1. The number of carbonyl (C=O) groups excluding carboxylic acids is 2. The number of hydrogen-bond donors (Lipinski definition) is 1. The summed E-state index contributed by atoms with van der Waals surface area (Å²) < 4.78 is 6.11. The highest BCUT2D eigenvalue weighted by Crippen LogP contribution is 2.29. The van der Waals surface area contributed by atoms with Crippen molar-refractivity contribution in [2.75, 3.05) is 32.8 Å². The van der Waals surface area contributed by atoms with Crippen LogP contribution in [0.1, 0.15) is 52.2 Å². The minimum absolute atomic E-state index is 0.115. The number of nitrogens with two attached hydrogens (primary N) is 1. The van der Waals surface area contributed by atoms with E-state index in [9.17, 15) is 9.59 Å². The molecule has 0 spiro atoms. The highest BCUT2D eigenvalue weighted by molar-refractivity contribution is 5.94. The van der Waals surface area contributed by atoms with Crippen LogP contribution in [0.5, 0.6) is 5.75 Å². The summed E-state index contributed by atoms with van der Waals surface area (Å²) in [6.07, 6.45) is 2.94. The first-order valence-electron chi connectivity index (χ1n) is 15.2. The zero-order valence-corrected chi connectivity index (χ0v) is 24.7. The zero-order valence-electron chi connectivity index (χ0n) is 24.7. The number of carbonyl (C=O) groups is 2. The number of amides is 2. The molecule has 5 rings (SSSR count). The highest BCUT2D eigenvalue weighted by Gasteiger charge is 2.29. The number of primary amides is 1. The summed E-state index contributed by atoms with van der Waals surface area (Å²) in [5.41, 5.74) is 9.59. The third-order valence-corrected chi connectivity index (χ3v) is 8.24. The van der Waals surface area contributed by atoms with Crippen molar-refractivity contribution in [2.24, 2.45) is 5.73 Å². The van der Waals surface area contributed by atoms with Crippen LogP contribution in [0.25, 0.3) is 0 Å². The molecule has 222 valence electrons. The van der Waals surface area contributed by atoms with Crippen molar-refractivity contribution in [3.8, 4) is 5.75 Å². The van der Waals surface area contributed by atoms with Crippen molar-refractivity contribution in [3.05, 3.63) is 138 Å². The molecule has 0 aromatic heterocycles. The summed E-state index contributed by atoms with van der Waals surface area (Å²) >= 11 is 0. The van der Waals surface area contributed by atoms with E-state index in [0.29, 0.717) is 12.6 Å². The molecule has 0 aliphatic carbocycles. The maximum absolute atomic E-state index is 13.1. The number of hydrogen-bond acceptors (Lipinski definition) is 4. The lowest BCUT2D eigenvalue weighted by Crippen LogP contribution is -2.48. The Kier molecular flexibility index (Phi) is 10.6. The van der Waals surface area contributed by atoms with Crippen LogP contribution in [-0.2, 0) is 11.2 Å². The number of ether oxygens (including phenoxy) is 1. The first-order valence-corrected chi connectivity index (χ1v) is 15.2. The molecular formula is C37H41N3O3. The van der Waals surface area contributed by atoms with Gasteiger partial charge in [-0.1, -0.05) is 91.0 Å². The second kappa shape index (κ2) is 15.2. The van der Waals surface area contributed by atoms with Crippen molar-refractivity contribution < 1.29 is 14.3 Å². The molecule has 4 aromatic carbocycles. The molecule has 1 heterocycles. The van der Waals surface area contributed by atoms with E-state index in [1.54, 1.807) is 0 Å². The largest absolute Gasteiger partial charge is 0.494 e. The number of likely N-dealkylation sites (tertiary alicyclic amines) is 1. The quantitative estimate of drug-likeness (QED) is 0.201. The SMILES string of the molecule is NC(=O)Cc1cccc(OCCCN(CC(c2ccccc2)c2ccccc2)C2CCN(C(=O)c3ccccc3)CC2)c1. The van der Waals surface area contributed by atoms with E-state index in [-0.39, 0.29) is 24.2 Å². The average Bonchev–Trinajstić information content (AvgIpc) is 3.05. The molecule has 6 nitrogen and oxygen atoms in total. The summed E-state index contributed by atoms with van der Waals surface area (Å²) in [6.45, 7) is 3.84. The minimum Gasteiger partial charge on any atom is -0.494 e. The molecule has 0 atom stereocenters. The molecule has 0 unspecified atom stereocenters. The Labute approximate surface area is 255 Å². The van der Waals surface area contributed by atoms with Gasteiger partial charge >= 0.3 is 0 Å². The van der Waals surface area contributed by atoms with Crippen molar-refractivity contribution in [1.29, 1.82) is 0 Å². The van der Waals surface area contributed by atoms with E-state index in [2.05, 4.69) is 65.6 Å². The maximum Gasteiger partial charge on any atom is 0.253 e. The lowest BCUT2D eigenvalue weighted by Gasteiger charge is -2.40. The molecule has 0 bridgehead atoms. The molecule has 4 aromatic rings. The smallest absolute Gasteiger partial charge is 0.253 e. The predicted molar refractivity (Wildman–Crippen MR) is 171 cm³/mol. The van der Waals surface area contributed by atoms with E-state index >= 15 is 0 Å². The fourth-order valence-electron chi connectivity index (χ4n) is 6.03. The Bertz CT molecular complexity index is 1400. The van der Waals surface area contributed by atoms with Crippen LogP contribution < -0.4 is 10.5 Å². The molecular weight excluding hydrogens is 534 g/mol. The van der Waals surface area contributed by atoms with Gasteiger partial charge in [0.25, 0.3) is 5.91 Å². The molecule has 1 fully saturated rings. The third-order valence-electron chi connectivity index (χ3n) is 8.24. The van der Waals surface area contributed by atoms with Gasteiger partial charge in [-0.05, 0) is 60.2 Å². The summed E-state index contributed by atoms with van der Waals surface area (Å²) in [4.78, 5) is 29.1. The first-order chi connectivity index (χ1) is 21.1. The standard InChI is InChI=1S/C37H41N3O3/c38-36(41)27-29-12-10-19-34(26-29)43-25-11-22-40(28-35(30-13-4-1-5-14-30)31-15-6-2-7-16-31)33-20-23-39(24-21-33)37(42)32-17-8-3-9-18-32/h1-10,12-19,26,33,35H,11,20-25,27-28H2,(H2,38,41). The fraction of sp³-hybridized carbons (Fsp3) is 0.297.